The van der Waals surface area contributed by atoms with Gasteiger partial charge in [0.25, 0.3) is 0 Å². The Balaban J connectivity index is 2.20. The summed E-state index contributed by atoms with van der Waals surface area (Å²) < 4.78 is 36.1. The summed E-state index contributed by atoms with van der Waals surface area (Å²) in [5.41, 5.74) is 0. The lowest BCUT2D eigenvalue weighted by atomic mass is 9.97. The zero-order chi connectivity index (χ0) is 8.97. The minimum atomic E-state index is -2.20. The summed E-state index contributed by atoms with van der Waals surface area (Å²) in [6.45, 7) is 1.27. The number of alkyl halides is 3. The van der Waals surface area contributed by atoms with Crippen LogP contribution in [0.1, 0.15) is 12.8 Å². The van der Waals surface area contributed by atoms with Crippen molar-refractivity contribution < 1.29 is 13.2 Å². The van der Waals surface area contributed by atoms with Gasteiger partial charge in [-0.2, -0.15) is 0 Å². The average Bonchev–Trinajstić information content (AvgIpc) is 2.06. The fourth-order valence-electron chi connectivity index (χ4n) is 1.55. The van der Waals surface area contributed by atoms with Crippen molar-refractivity contribution in [3.8, 4) is 0 Å². The van der Waals surface area contributed by atoms with E-state index in [0.717, 1.165) is 0 Å². The molecule has 0 aromatic carbocycles. The van der Waals surface area contributed by atoms with Crippen molar-refractivity contribution in [2.75, 3.05) is 26.3 Å². The molecule has 0 aromatic rings. The lowest BCUT2D eigenvalue weighted by Crippen LogP contribution is -2.37. The molecule has 1 saturated heterocycles. The van der Waals surface area contributed by atoms with Crippen LogP contribution < -0.4 is 0 Å². The maximum atomic E-state index is 12.1. The summed E-state index contributed by atoms with van der Waals surface area (Å²) in [7, 11) is 0. The first-order chi connectivity index (χ1) is 5.74. The van der Waals surface area contributed by atoms with Gasteiger partial charge in [0, 0.05) is 12.5 Å². The summed E-state index contributed by atoms with van der Waals surface area (Å²) in [6, 6.07) is 0. The molecule has 0 bridgehead atoms. The Morgan fingerprint density at radius 1 is 1.25 bits per heavy atom. The van der Waals surface area contributed by atoms with Gasteiger partial charge >= 0.3 is 0 Å². The smallest absolute Gasteiger partial charge is 0.241 e. The molecule has 1 aliphatic heterocycles. The van der Waals surface area contributed by atoms with E-state index in [-0.39, 0.29) is 6.67 Å². The molecule has 4 heteroatoms. The molecule has 0 spiro atoms. The molecule has 1 aliphatic rings. The minimum absolute atomic E-state index is 0.376. The van der Waals surface area contributed by atoms with Gasteiger partial charge in [0.05, 0.1) is 0 Å². The van der Waals surface area contributed by atoms with Gasteiger partial charge in [0.15, 0.2) is 0 Å². The number of hydrogen-bond acceptors (Lipinski definition) is 1. The monoisotopic (exact) mass is 181 g/mol. The molecule has 1 rings (SSSR count). The molecule has 0 N–H and O–H groups in total. The molecule has 0 aliphatic carbocycles. The van der Waals surface area contributed by atoms with Gasteiger partial charge in [-0.15, -0.1) is 0 Å². The van der Waals surface area contributed by atoms with Gasteiger partial charge in [-0.3, -0.25) is 0 Å². The van der Waals surface area contributed by atoms with Crippen molar-refractivity contribution in [2.24, 2.45) is 5.92 Å². The number of nitrogens with zero attached hydrogens (tertiary/aromatic N) is 1. The Morgan fingerprint density at radius 3 is 2.25 bits per heavy atom. The average molecular weight is 181 g/mol. The Labute approximate surface area is 70.5 Å². The molecule has 1 fully saturated rings. The van der Waals surface area contributed by atoms with Crippen LogP contribution in [-0.4, -0.2) is 37.6 Å². The Bertz CT molecular complexity index is 121. The Morgan fingerprint density at radius 2 is 1.83 bits per heavy atom. The topological polar surface area (TPSA) is 3.24 Å². The van der Waals surface area contributed by atoms with Gasteiger partial charge < -0.3 is 4.90 Å². The first-order valence-corrected chi connectivity index (χ1v) is 4.30. The van der Waals surface area contributed by atoms with E-state index in [1.54, 1.807) is 0 Å². The fourth-order valence-corrected chi connectivity index (χ4v) is 1.55. The van der Waals surface area contributed by atoms with Crippen molar-refractivity contribution in [1.29, 1.82) is 0 Å². The maximum absolute atomic E-state index is 12.1. The van der Waals surface area contributed by atoms with Gasteiger partial charge in [0.2, 0.25) is 6.43 Å². The molecule has 0 saturated carbocycles. The highest BCUT2D eigenvalue weighted by atomic mass is 19.3. The fraction of sp³-hybridized carbons (Fsp3) is 1.00. The summed E-state index contributed by atoms with van der Waals surface area (Å²) in [6.07, 6.45) is -1.17. The van der Waals surface area contributed by atoms with Crippen LogP contribution >= 0.6 is 0 Å². The number of hydrogen-bond donors (Lipinski definition) is 0. The van der Waals surface area contributed by atoms with Gasteiger partial charge in [-0.1, -0.05) is 0 Å². The molecule has 0 amide bonds. The van der Waals surface area contributed by atoms with E-state index < -0.39 is 12.3 Å². The summed E-state index contributed by atoms with van der Waals surface area (Å²) in [4.78, 5) is 1.90. The van der Waals surface area contributed by atoms with Crippen molar-refractivity contribution in [3.05, 3.63) is 0 Å². The van der Waals surface area contributed by atoms with Gasteiger partial charge in [0.1, 0.15) is 6.67 Å². The zero-order valence-electron chi connectivity index (χ0n) is 6.98. The van der Waals surface area contributed by atoms with Crippen LogP contribution in [-0.2, 0) is 0 Å². The number of likely N-dealkylation sites (tertiary alicyclic amines) is 1. The largest absolute Gasteiger partial charge is 0.301 e. The Kier molecular flexibility index (Phi) is 3.85. The molecule has 0 radical (unpaired) electrons. The van der Waals surface area contributed by atoms with Crippen molar-refractivity contribution in [3.63, 3.8) is 0 Å². The SMILES string of the molecule is FCCN1CCC(C(F)F)CC1. The highest BCUT2D eigenvalue weighted by molar-refractivity contribution is 4.73. The Hall–Kier alpha value is -0.250. The quantitative estimate of drug-likeness (QED) is 0.643. The first kappa shape index (κ1) is 9.84. The second kappa shape index (κ2) is 4.70. The molecular formula is C8H14F3N. The molecule has 1 heterocycles. The van der Waals surface area contributed by atoms with E-state index in [1.807, 2.05) is 4.90 Å². The lowest BCUT2D eigenvalue weighted by molar-refractivity contribution is 0.0342. The second-order valence-electron chi connectivity index (χ2n) is 3.20. The van der Waals surface area contributed by atoms with Crippen LogP contribution in [0.3, 0.4) is 0 Å². The first-order valence-electron chi connectivity index (χ1n) is 4.30. The van der Waals surface area contributed by atoms with E-state index >= 15 is 0 Å². The number of rotatable bonds is 3. The van der Waals surface area contributed by atoms with Gasteiger partial charge in [-0.05, 0) is 25.9 Å². The summed E-state index contributed by atoms with van der Waals surface area (Å²) >= 11 is 0. The van der Waals surface area contributed by atoms with E-state index in [9.17, 15) is 13.2 Å². The number of halogens is 3. The van der Waals surface area contributed by atoms with Crippen molar-refractivity contribution >= 4 is 0 Å². The van der Waals surface area contributed by atoms with Crippen LogP contribution in [0.25, 0.3) is 0 Å². The molecule has 0 unspecified atom stereocenters. The zero-order valence-corrected chi connectivity index (χ0v) is 6.98. The van der Waals surface area contributed by atoms with E-state index in [1.165, 1.54) is 0 Å². The molecule has 12 heavy (non-hydrogen) atoms. The molecule has 1 nitrogen and oxygen atoms in total. The standard InChI is InChI=1S/C8H14F3N/c9-3-6-12-4-1-7(2-5-12)8(10)11/h7-8H,1-6H2. The van der Waals surface area contributed by atoms with Crippen LogP contribution in [0.2, 0.25) is 0 Å². The summed E-state index contributed by atoms with van der Waals surface area (Å²) in [5.74, 6) is -0.458. The molecule has 0 atom stereocenters. The van der Waals surface area contributed by atoms with Crippen LogP contribution in [0, 0.1) is 5.92 Å². The predicted molar refractivity (Wildman–Crippen MR) is 41.1 cm³/mol. The third kappa shape index (κ3) is 2.66. The van der Waals surface area contributed by atoms with Gasteiger partial charge in [-0.25, -0.2) is 13.2 Å². The predicted octanol–water partition coefficient (Wildman–Crippen LogP) is 1.93. The second-order valence-corrected chi connectivity index (χ2v) is 3.20. The van der Waals surface area contributed by atoms with E-state index in [2.05, 4.69) is 0 Å². The summed E-state index contributed by atoms with van der Waals surface area (Å²) in [5, 5.41) is 0. The van der Waals surface area contributed by atoms with Crippen molar-refractivity contribution in [1.82, 2.24) is 4.90 Å². The van der Waals surface area contributed by atoms with Crippen LogP contribution in [0.4, 0.5) is 13.2 Å². The molecule has 0 aromatic heterocycles. The molecule has 72 valence electrons. The van der Waals surface area contributed by atoms with Crippen molar-refractivity contribution in [2.45, 2.75) is 19.3 Å². The highest BCUT2D eigenvalue weighted by Gasteiger charge is 2.25. The third-order valence-electron chi connectivity index (χ3n) is 2.39. The third-order valence-corrected chi connectivity index (χ3v) is 2.39. The van der Waals surface area contributed by atoms with Crippen LogP contribution in [0.5, 0.6) is 0 Å². The number of piperidine rings is 1. The minimum Gasteiger partial charge on any atom is -0.301 e. The highest BCUT2D eigenvalue weighted by Crippen LogP contribution is 2.23. The van der Waals surface area contributed by atoms with E-state index in [4.69, 9.17) is 0 Å². The lowest BCUT2D eigenvalue weighted by Gasteiger charge is -2.30. The molecular weight excluding hydrogens is 167 g/mol. The van der Waals surface area contributed by atoms with E-state index in [0.29, 0.717) is 32.5 Å². The van der Waals surface area contributed by atoms with Crippen LogP contribution in [0.15, 0.2) is 0 Å². The normalized spacial score (nSPS) is 22.0. The maximum Gasteiger partial charge on any atom is 0.241 e.